The molecule has 29 heavy (non-hydrogen) atoms. The largest absolute Gasteiger partial charge is 0.389 e. The van der Waals surface area contributed by atoms with Gasteiger partial charge in [-0.3, -0.25) is 0 Å². The maximum atomic E-state index is 10.4. The fourth-order valence-electron chi connectivity index (χ4n) is 9.27. The quantitative estimate of drug-likeness (QED) is 0.470. The fourth-order valence-corrected chi connectivity index (χ4v) is 9.27. The summed E-state index contributed by atoms with van der Waals surface area (Å²) in [4.78, 5) is 0. The van der Waals surface area contributed by atoms with Gasteiger partial charge < -0.3 is 5.11 Å². The summed E-state index contributed by atoms with van der Waals surface area (Å²) < 4.78 is 0. The first-order valence-electron chi connectivity index (χ1n) is 13.0. The van der Waals surface area contributed by atoms with Gasteiger partial charge in [0.15, 0.2) is 0 Å². The maximum absolute atomic E-state index is 10.4. The summed E-state index contributed by atoms with van der Waals surface area (Å²) >= 11 is 0. The molecule has 0 heterocycles. The van der Waals surface area contributed by atoms with Crippen LogP contribution in [0.25, 0.3) is 0 Å². The van der Waals surface area contributed by atoms with E-state index >= 15 is 0 Å². The van der Waals surface area contributed by atoms with E-state index in [1.54, 1.807) is 0 Å². The molecule has 0 aromatic heterocycles. The normalized spacial score (nSPS) is 48.2. The first kappa shape index (κ1) is 21.9. The van der Waals surface area contributed by atoms with Crippen molar-refractivity contribution < 1.29 is 5.11 Å². The van der Waals surface area contributed by atoms with Gasteiger partial charge in [-0.25, -0.2) is 0 Å². The molecule has 4 aliphatic rings. The van der Waals surface area contributed by atoms with Gasteiger partial charge in [-0.15, -0.1) is 0 Å². The molecule has 9 atom stereocenters. The van der Waals surface area contributed by atoms with Crippen LogP contribution < -0.4 is 0 Å². The van der Waals surface area contributed by atoms with Gasteiger partial charge >= 0.3 is 0 Å². The summed E-state index contributed by atoms with van der Waals surface area (Å²) in [6, 6.07) is 0. The van der Waals surface area contributed by atoms with Crippen LogP contribution in [0, 0.1) is 52.3 Å². The number of rotatable bonds is 5. The Labute approximate surface area is 181 Å². The van der Waals surface area contributed by atoms with Gasteiger partial charge in [-0.1, -0.05) is 60.5 Å². The molecule has 0 aromatic rings. The monoisotopic (exact) mass is 400 g/mol. The van der Waals surface area contributed by atoms with Crippen LogP contribution in [-0.2, 0) is 0 Å². The van der Waals surface area contributed by atoms with Crippen molar-refractivity contribution in [3.63, 3.8) is 0 Å². The summed E-state index contributed by atoms with van der Waals surface area (Å²) in [5.41, 5.74) is 2.12. The molecule has 0 unspecified atom stereocenters. The molecule has 0 aliphatic heterocycles. The van der Waals surface area contributed by atoms with Crippen molar-refractivity contribution in [2.24, 2.45) is 52.3 Å². The average molecular weight is 401 g/mol. The predicted molar refractivity (Wildman–Crippen MR) is 124 cm³/mol. The minimum absolute atomic E-state index is 0.235. The van der Waals surface area contributed by atoms with Crippen LogP contribution >= 0.6 is 0 Å². The number of aliphatic hydroxyl groups is 1. The molecule has 0 bridgehead atoms. The molecular weight excluding hydrogens is 352 g/mol. The van der Waals surface area contributed by atoms with Crippen molar-refractivity contribution in [2.75, 3.05) is 0 Å². The molecule has 1 nitrogen and oxygen atoms in total. The van der Waals surface area contributed by atoms with Crippen molar-refractivity contribution >= 4 is 0 Å². The molecule has 0 amide bonds. The number of hydrogen-bond donors (Lipinski definition) is 1. The highest BCUT2D eigenvalue weighted by Crippen LogP contribution is 2.68. The molecule has 1 heteroatoms. The van der Waals surface area contributed by atoms with Crippen LogP contribution in [0.15, 0.2) is 12.2 Å². The summed E-state index contributed by atoms with van der Waals surface area (Å²) in [6.07, 6.45) is 14.7. The molecule has 1 N–H and O–H groups in total. The SMILES string of the molecule is C=C1C[C@]2(C)[C@@H](CC[C@H]3[C@@H]4CC[C@H]([C@H](C)CCCC(C)C)[C@]4(C)CC[C@@H]32)C[C@H]1O. The average Bonchev–Trinajstić information content (AvgIpc) is 3.00. The van der Waals surface area contributed by atoms with Crippen molar-refractivity contribution in [1.82, 2.24) is 0 Å². The summed E-state index contributed by atoms with van der Waals surface area (Å²) in [5.74, 6) is 6.19. The third-order valence-corrected chi connectivity index (χ3v) is 10.9. The molecule has 4 fully saturated rings. The highest BCUT2D eigenvalue weighted by molar-refractivity contribution is 5.17. The third-order valence-electron chi connectivity index (χ3n) is 10.9. The minimum Gasteiger partial charge on any atom is -0.389 e. The third kappa shape index (κ3) is 3.66. The predicted octanol–water partition coefficient (Wildman–Crippen LogP) is 7.63. The van der Waals surface area contributed by atoms with E-state index in [2.05, 4.69) is 41.2 Å². The van der Waals surface area contributed by atoms with Crippen LogP contribution in [0.1, 0.15) is 105 Å². The van der Waals surface area contributed by atoms with E-state index in [0.29, 0.717) is 10.8 Å². The Morgan fingerprint density at radius 3 is 2.41 bits per heavy atom. The second-order valence-corrected chi connectivity index (χ2v) is 12.8. The van der Waals surface area contributed by atoms with E-state index in [1.165, 1.54) is 57.8 Å². The van der Waals surface area contributed by atoms with Crippen LogP contribution in [0.3, 0.4) is 0 Å². The van der Waals surface area contributed by atoms with Crippen molar-refractivity contribution in [3.8, 4) is 0 Å². The molecule has 4 aliphatic carbocycles. The Balaban J connectivity index is 1.48. The Kier molecular flexibility index (Phi) is 6.04. The van der Waals surface area contributed by atoms with Crippen molar-refractivity contribution in [2.45, 2.75) is 111 Å². The second-order valence-electron chi connectivity index (χ2n) is 12.8. The first-order chi connectivity index (χ1) is 13.7. The van der Waals surface area contributed by atoms with E-state index in [9.17, 15) is 5.11 Å². The molecule has 4 rings (SSSR count). The zero-order valence-electron chi connectivity index (χ0n) is 20.1. The molecule has 0 spiro atoms. The van der Waals surface area contributed by atoms with Gasteiger partial charge in [0.2, 0.25) is 0 Å². The number of aliphatic hydroxyl groups excluding tert-OH is 1. The standard InChI is InChI=1S/C28H48O/c1-18(2)8-7-9-19(3)23-12-13-24-22-11-10-21-16-26(29)20(4)17-28(21,6)25(22)14-15-27(23,24)5/h18-19,21-26,29H,4,7-17H2,1-3,5-6H3/t19-,21+,22+,23-,24+,25+,26-,27+,28-/m1/s1. The molecular formula is C28H48O. The maximum Gasteiger partial charge on any atom is 0.0750 e. The van der Waals surface area contributed by atoms with E-state index in [-0.39, 0.29) is 6.10 Å². The molecule has 166 valence electrons. The lowest BCUT2D eigenvalue weighted by atomic mass is 9.44. The lowest BCUT2D eigenvalue weighted by Gasteiger charge is -2.61. The highest BCUT2D eigenvalue weighted by Gasteiger charge is 2.60. The van der Waals surface area contributed by atoms with Crippen LogP contribution in [0.5, 0.6) is 0 Å². The van der Waals surface area contributed by atoms with E-state index in [4.69, 9.17) is 0 Å². The Hall–Kier alpha value is -0.300. The first-order valence-corrected chi connectivity index (χ1v) is 13.0. The lowest BCUT2D eigenvalue weighted by molar-refractivity contribution is -0.117. The summed E-state index contributed by atoms with van der Waals surface area (Å²) in [5, 5.41) is 10.4. The van der Waals surface area contributed by atoms with Crippen LogP contribution in [0.2, 0.25) is 0 Å². The van der Waals surface area contributed by atoms with Gasteiger partial charge in [0.25, 0.3) is 0 Å². The summed E-state index contributed by atoms with van der Waals surface area (Å²) in [6.45, 7) is 16.9. The number of hydrogen-bond acceptors (Lipinski definition) is 1. The highest BCUT2D eigenvalue weighted by atomic mass is 16.3. The molecule has 4 saturated carbocycles. The van der Waals surface area contributed by atoms with Gasteiger partial charge in [-0.2, -0.15) is 0 Å². The van der Waals surface area contributed by atoms with Gasteiger partial charge in [0.1, 0.15) is 0 Å². The zero-order valence-corrected chi connectivity index (χ0v) is 20.1. The zero-order chi connectivity index (χ0) is 21.0. The van der Waals surface area contributed by atoms with Gasteiger partial charge in [-0.05, 0) is 109 Å². The molecule has 0 radical (unpaired) electrons. The smallest absolute Gasteiger partial charge is 0.0750 e. The lowest BCUT2D eigenvalue weighted by Crippen LogP contribution is -2.54. The van der Waals surface area contributed by atoms with E-state index < -0.39 is 0 Å². The van der Waals surface area contributed by atoms with Crippen molar-refractivity contribution in [1.29, 1.82) is 0 Å². The molecule has 0 aromatic carbocycles. The number of fused-ring (bicyclic) bond motifs is 5. The van der Waals surface area contributed by atoms with Crippen molar-refractivity contribution in [3.05, 3.63) is 12.2 Å². The van der Waals surface area contributed by atoms with Crippen LogP contribution in [0.4, 0.5) is 0 Å². The van der Waals surface area contributed by atoms with Gasteiger partial charge in [0, 0.05) is 0 Å². The van der Waals surface area contributed by atoms with E-state index in [1.807, 2.05) is 0 Å². The van der Waals surface area contributed by atoms with Crippen LogP contribution in [-0.4, -0.2) is 11.2 Å². The summed E-state index contributed by atoms with van der Waals surface area (Å²) in [7, 11) is 0. The minimum atomic E-state index is -0.235. The fraction of sp³-hybridized carbons (Fsp3) is 0.929. The van der Waals surface area contributed by atoms with E-state index in [0.717, 1.165) is 59.8 Å². The van der Waals surface area contributed by atoms with Gasteiger partial charge in [0.05, 0.1) is 6.10 Å². The Morgan fingerprint density at radius 1 is 0.966 bits per heavy atom. The Bertz CT molecular complexity index is 607. The topological polar surface area (TPSA) is 20.2 Å². The second kappa shape index (κ2) is 7.99. The Morgan fingerprint density at radius 2 is 1.69 bits per heavy atom. The molecule has 0 saturated heterocycles.